The summed E-state index contributed by atoms with van der Waals surface area (Å²) >= 11 is 12.4. The van der Waals surface area contributed by atoms with Crippen molar-refractivity contribution in [1.29, 1.82) is 0 Å². The smallest absolute Gasteiger partial charge is 0.242 e. The van der Waals surface area contributed by atoms with Crippen molar-refractivity contribution in [3.63, 3.8) is 0 Å². The van der Waals surface area contributed by atoms with Crippen LogP contribution in [0.3, 0.4) is 0 Å². The Morgan fingerprint density at radius 2 is 2.05 bits per heavy atom. The fourth-order valence-corrected chi connectivity index (χ4v) is 2.51. The second-order valence-corrected chi connectivity index (χ2v) is 5.87. The lowest BCUT2D eigenvalue weighted by molar-refractivity contribution is -0.121. The molecule has 0 spiro atoms. The highest BCUT2D eigenvalue weighted by Gasteiger charge is 2.28. The highest BCUT2D eigenvalue weighted by Crippen LogP contribution is 2.40. The minimum atomic E-state index is -0.773. The minimum absolute atomic E-state index is 0.195. The Hall–Kier alpha value is -1.13. The van der Waals surface area contributed by atoms with Gasteiger partial charge >= 0.3 is 0 Å². The average molecular weight is 316 g/mol. The topological polar surface area (TPSA) is 47.6 Å². The van der Waals surface area contributed by atoms with Crippen molar-refractivity contribution < 1.29 is 14.3 Å². The van der Waals surface area contributed by atoms with Crippen molar-refractivity contribution in [2.75, 3.05) is 13.2 Å². The van der Waals surface area contributed by atoms with Gasteiger partial charge in [-0.25, -0.2) is 0 Å². The van der Waals surface area contributed by atoms with Crippen molar-refractivity contribution in [2.45, 2.75) is 30.7 Å². The third-order valence-electron chi connectivity index (χ3n) is 3.27. The summed E-state index contributed by atoms with van der Waals surface area (Å²) in [6.45, 7) is 1.13. The Labute approximate surface area is 127 Å². The zero-order chi connectivity index (χ0) is 14.1. The number of halogens is 2. The van der Waals surface area contributed by atoms with E-state index in [4.69, 9.17) is 32.7 Å². The monoisotopic (exact) mass is 315 g/mol. The molecule has 1 unspecified atom stereocenters. The minimum Gasteiger partial charge on any atom is -0.489 e. The van der Waals surface area contributed by atoms with E-state index >= 15 is 0 Å². The van der Waals surface area contributed by atoms with Gasteiger partial charge in [-0.1, -0.05) is 11.6 Å². The summed E-state index contributed by atoms with van der Waals surface area (Å²) in [5, 5.41) is 2.53. The van der Waals surface area contributed by atoms with Crippen molar-refractivity contribution in [3.05, 3.63) is 22.7 Å². The molecule has 20 heavy (non-hydrogen) atoms. The fourth-order valence-electron chi connectivity index (χ4n) is 2.05. The molecule has 3 rings (SSSR count). The van der Waals surface area contributed by atoms with Crippen molar-refractivity contribution in [2.24, 2.45) is 0 Å². The van der Waals surface area contributed by atoms with Crippen LogP contribution in [0.1, 0.15) is 30.2 Å². The molecule has 0 radical (unpaired) electrons. The van der Waals surface area contributed by atoms with Gasteiger partial charge in [-0.05, 0) is 30.5 Å². The van der Waals surface area contributed by atoms with Crippen molar-refractivity contribution >= 4 is 29.1 Å². The van der Waals surface area contributed by atoms with Gasteiger partial charge in [-0.15, -0.1) is 11.6 Å². The number of nitrogens with one attached hydrogen (secondary N) is 1. The molecule has 4 nitrogen and oxygen atoms in total. The van der Waals surface area contributed by atoms with Crippen LogP contribution in [0.15, 0.2) is 12.1 Å². The van der Waals surface area contributed by atoms with Crippen LogP contribution in [0.2, 0.25) is 5.02 Å². The summed E-state index contributed by atoms with van der Waals surface area (Å²) < 4.78 is 11.1. The first-order chi connectivity index (χ1) is 9.65. The Morgan fingerprint density at radius 3 is 2.80 bits per heavy atom. The normalized spacial score (nSPS) is 19.1. The maximum atomic E-state index is 12.0. The van der Waals surface area contributed by atoms with E-state index in [1.165, 1.54) is 0 Å². The molecule has 1 N–H and O–H groups in total. The first-order valence-corrected chi connectivity index (χ1v) is 7.50. The summed E-state index contributed by atoms with van der Waals surface area (Å²) in [4.78, 5) is 12.0. The quantitative estimate of drug-likeness (QED) is 0.872. The molecule has 1 amide bonds. The molecule has 1 aliphatic heterocycles. The third kappa shape index (κ3) is 2.96. The third-order valence-corrected chi connectivity index (χ3v) is 4.00. The van der Waals surface area contributed by atoms with E-state index in [1.807, 2.05) is 0 Å². The highest BCUT2D eigenvalue weighted by molar-refractivity contribution is 6.33. The van der Waals surface area contributed by atoms with Crippen LogP contribution >= 0.6 is 23.2 Å². The summed E-state index contributed by atoms with van der Waals surface area (Å²) in [7, 11) is 0. The summed E-state index contributed by atoms with van der Waals surface area (Å²) in [6.07, 6.45) is 2.85. The molecule has 1 saturated carbocycles. The van der Waals surface area contributed by atoms with E-state index in [-0.39, 0.29) is 11.9 Å². The first-order valence-electron chi connectivity index (χ1n) is 6.68. The standard InChI is InChI=1S/C14H15Cl2NO3/c15-10-6-8(12(16)14(18)17-9-2-3-9)7-11-13(10)20-5-1-4-19-11/h6-7,9,12H,1-5H2,(H,17,18). The van der Waals surface area contributed by atoms with Crippen LogP contribution in [-0.4, -0.2) is 25.2 Å². The average Bonchev–Trinajstić information content (AvgIpc) is 3.24. The molecule has 1 aromatic rings. The Kier molecular flexibility index (Phi) is 3.94. The second-order valence-electron chi connectivity index (χ2n) is 5.03. The van der Waals surface area contributed by atoms with Crippen LogP contribution in [-0.2, 0) is 4.79 Å². The van der Waals surface area contributed by atoms with Crippen LogP contribution < -0.4 is 14.8 Å². The van der Waals surface area contributed by atoms with E-state index in [9.17, 15) is 4.79 Å². The van der Waals surface area contributed by atoms with E-state index < -0.39 is 5.38 Å². The van der Waals surface area contributed by atoms with Gasteiger partial charge in [0.1, 0.15) is 5.38 Å². The van der Waals surface area contributed by atoms with Gasteiger partial charge in [0.2, 0.25) is 5.91 Å². The molecular weight excluding hydrogens is 301 g/mol. The first kappa shape index (κ1) is 13.8. The number of benzene rings is 1. The number of carbonyl (C=O) groups excluding carboxylic acids is 1. The van der Waals surface area contributed by atoms with Crippen molar-refractivity contribution in [3.8, 4) is 11.5 Å². The van der Waals surface area contributed by atoms with Gasteiger partial charge in [0.05, 0.1) is 18.2 Å². The lowest BCUT2D eigenvalue weighted by atomic mass is 10.1. The van der Waals surface area contributed by atoms with Crippen LogP contribution in [0, 0.1) is 0 Å². The SMILES string of the molecule is O=C(NC1CC1)C(Cl)c1cc(Cl)c2c(c1)OCCCO2. The van der Waals surface area contributed by atoms with Crippen LogP contribution in [0.4, 0.5) is 0 Å². The Bertz CT molecular complexity index is 531. The van der Waals surface area contributed by atoms with Gasteiger partial charge in [0.15, 0.2) is 11.5 Å². The number of alkyl halides is 1. The number of hydrogen-bond donors (Lipinski definition) is 1. The van der Waals surface area contributed by atoms with E-state index in [0.29, 0.717) is 35.3 Å². The molecule has 1 fully saturated rings. The number of ether oxygens (including phenoxy) is 2. The maximum Gasteiger partial charge on any atom is 0.242 e. The lowest BCUT2D eigenvalue weighted by Gasteiger charge is -2.14. The number of amides is 1. The Morgan fingerprint density at radius 1 is 1.30 bits per heavy atom. The van der Waals surface area contributed by atoms with Gasteiger partial charge in [-0.3, -0.25) is 4.79 Å². The molecule has 108 valence electrons. The molecule has 2 aliphatic rings. The van der Waals surface area contributed by atoms with Gasteiger partial charge in [0, 0.05) is 12.5 Å². The zero-order valence-electron chi connectivity index (χ0n) is 10.8. The molecule has 1 atom stereocenters. The molecule has 1 aliphatic carbocycles. The zero-order valence-corrected chi connectivity index (χ0v) is 12.3. The number of rotatable bonds is 3. The van der Waals surface area contributed by atoms with E-state index in [2.05, 4.69) is 5.32 Å². The number of fused-ring (bicyclic) bond motifs is 1. The fraction of sp³-hybridized carbons (Fsp3) is 0.500. The molecule has 1 aromatic carbocycles. The van der Waals surface area contributed by atoms with Gasteiger partial charge in [-0.2, -0.15) is 0 Å². The number of hydrogen-bond acceptors (Lipinski definition) is 3. The Balaban J connectivity index is 1.83. The second kappa shape index (κ2) is 5.70. The van der Waals surface area contributed by atoms with Crippen LogP contribution in [0.5, 0.6) is 11.5 Å². The molecule has 1 heterocycles. The highest BCUT2D eigenvalue weighted by atomic mass is 35.5. The maximum absolute atomic E-state index is 12.0. The van der Waals surface area contributed by atoms with Gasteiger partial charge in [0.25, 0.3) is 0 Å². The summed E-state index contributed by atoms with van der Waals surface area (Å²) in [5.41, 5.74) is 0.624. The predicted molar refractivity (Wildman–Crippen MR) is 76.8 cm³/mol. The van der Waals surface area contributed by atoms with E-state index in [1.54, 1.807) is 12.1 Å². The largest absolute Gasteiger partial charge is 0.489 e. The molecule has 0 bridgehead atoms. The van der Waals surface area contributed by atoms with Crippen LogP contribution in [0.25, 0.3) is 0 Å². The molecule has 0 saturated heterocycles. The number of carbonyl (C=O) groups is 1. The molecule has 6 heteroatoms. The summed E-state index contributed by atoms with van der Waals surface area (Å²) in [5.74, 6) is 0.883. The van der Waals surface area contributed by atoms with Crippen molar-refractivity contribution in [1.82, 2.24) is 5.32 Å². The predicted octanol–water partition coefficient (Wildman–Crippen LogP) is 3.06. The molecule has 0 aromatic heterocycles. The lowest BCUT2D eigenvalue weighted by Crippen LogP contribution is -2.28. The van der Waals surface area contributed by atoms with E-state index in [0.717, 1.165) is 19.3 Å². The van der Waals surface area contributed by atoms with Gasteiger partial charge < -0.3 is 14.8 Å². The molecular formula is C14H15Cl2NO3. The summed E-state index contributed by atoms with van der Waals surface area (Å²) in [6, 6.07) is 3.68.